The minimum atomic E-state index is 0.0659. The van der Waals surface area contributed by atoms with Gasteiger partial charge in [-0.15, -0.1) is 10.2 Å². The van der Waals surface area contributed by atoms with Gasteiger partial charge < -0.3 is 9.32 Å². The van der Waals surface area contributed by atoms with Crippen LogP contribution in [0.3, 0.4) is 0 Å². The maximum Gasteiger partial charge on any atom is 0.277 e. The molecule has 6 nitrogen and oxygen atoms in total. The Labute approximate surface area is 134 Å². The minimum Gasteiger partial charge on any atom is -0.411 e. The van der Waals surface area contributed by atoms with Crippen LogP contribution in [0.5, 0.6) is 0 Å². The molecule has 0 aromatic carbocycles. The number of carbonyl (C=O) groups excluding carboxylic acids is 1. The maximum absolute atomic E-state index is 12.3. The molecular formula is C15H20N4O2S. The Kier molecular flexibility index (Phi) is 5.54. The van der Waals surface area contributed by atoms with E-state index in [4.69, 9.17) is 4.42 Å². The van der Waals surface area contributed by atoms with Gasteiger partial charge in [-0.25, -0.2) is 0 Å². The minimum absolute atomic E-state index is 0.0659. The highest BCUT2D eigenvalue weighted by molar-refractivity contribution is 7.99. The van der Waals surface area contributed by atoms with Gasteiger partial charge in [-0.3, -0.25) is 9.78 Å². The third kappa shape index (κ3) is 4.07. The number of pyridine rings is 1. The first kappa shape index (κ1) is 16.5. The number of aromatic nitrogens is 3. The van der Waals surface area contributed by atoms with Gasteiger partial charge in [0.25, 0.3) is 5.22 Å². The van der Waals surface area contributed by atoms with Crippen LogP contribution in [-0.4, -0.2) is 43.8 Å². The molecule has 0 saturated carbocycles. The van der Waals surface area contributed by atoms with Crippen LogP contribution in [0.15, 0.2) is 34.2 Å². The van der Waals surface area contributed by atoms with Crippen molar-refractivity contribution < 1.29 is 9.21 Å². The van der Waals surface area contributed by atoms with Crippen LogP contribution in [0.2, 0.25) is 0 Å². The molecule has 0 saturated heterocycles. The lowest BCUT2D eigenvalue weighted by atomic mass is 10.2. The SMILES string of the molecule is CC(C)N(C(=O)CSc1nnc(-c2cccnc2)o1)C(C)C. The van der Waals surface area contributed by atoms with Crippen molar-refractivity contribution in [3.63, 3.8) is 0 Å². The number of thioether (sulfide) groups is 1. The summed E-state index contributed by atoms with van der Waals surface area (Å²) in [7, 11) is 0. The van der Waals surface area contributed by atoms with E-state index in [1.165, 1.54) is 11.8 Å². The van der Waals surface area contributed by atoms with Crippen molar-refractivity contribution in [2.45, 2.75) is 45.0 Å². The van der Waals surface area contributed by atoms with E-state index in [0.717, 1.165) is 5.56 Å². The summed E-state index contributed by atoms with van der Waals surface area (Å²) in [6, 6.07) is 3.99. The average Bonchev–Trinajstić information content (AvgIpc) is 2.94. The summed E-state index contributed by atoms with van der Waals surface area (Å²) in [5.41, 5.74) is 0.763. The molecule has 0 radical (unpaired) electrons. The van der Waals surface area contributed by atoms with Gasteiger partial charge >= 0.3 is 0 Å². The summed E-state index contributed by atoms with van der Waals surface area (Å²) < 4.78 is 5.55. The molecule has 0 fully saturated rings. The number of carbonyl (C=O) groups is 1. The molecule has 0 aliphatic carbocycles. The van der Waals surface area contributed by atoms with E-state index in [9.17, 15) is 4.79 Å². The highest BCUT2D eigenvalue weighted by Gasteiger charge is 2.21. The molecule has 0 bridgehead atoms. The van der Waals surface area contributed by atoms with Crippen molar-refractivity contribution in [2.24, 2.45) is 0 Å². The van der Waals surface area contributed by atoms with Crippen LogP contribution < -0.4 is 0 Å². The van der Waals surface area contributed by atoms with Crippen molar-refractivity contribution in [1.29, 1.82) is 0 Å². The molecule has 2 aromatic heterocycles. The van der Waals surface area contributed by atoms with E-state index in [-0.39, 0.29) is 23.7 Å². The summed E-state index contributed by atoms with van der Waals surface area (Å²) in [4.78, 5) is 18.1. The normalized spacial score (nSPS) is 11.2. The fourth-order valence-corrected chi connectivity index (χ4v) is 2.88. The average molecular weight is 320 g/mol. The number of hydrogen-bond acceptors (Lipinski definition) is 6. The van der Waals surface area contributed by atoms with Gasteiger partial charge in [-0.05, 0) is 39.8 Å². The van der Waals surface area contributed by atoms with Crippen LogP contribution in [0, 0.1) is 0 Å². The van der Waals surface area contributed by atoms with Gasteiger partial charge in [0.05, 0.1) is 11.3 Å². The van der Waals surface area contributed by atoms with Crippen molar-refractivity contribution in [3.05, 3.63) is 24.5 Å². The zero-order chi connectivity index (χ0) is 16.1. The van der Waals surface area contributed by atoms with Crippen LogP contribution in [-0.2, 0) is 4.79 Å². The predicted molar refractivity (Wildman–Crippen MR) is 85.4 cm³/mol. The Morgan fingerprint density at radius 2 is 2.00 bits per heavy atom. The molecule has 0 aliphatic rings. The standard InChI is InChI=1S/C15H20N4O2S/c1-10(2)19(11(3)4)13(20)9-22-15-18-17-14(21-15)12-6-5-7-16-8-12/h5-8,10-11H,9H2,1-4H3. The zero-order valence-electron chi connectivity index (χ0n) is 13.2. The maximum atomic E-state index is 12.3. The Morgan fingerprint density at radius 3 is 2.59 bits per heavy atom. The number of amides is 1. The molecule has 118 valence electrons. The molecule has 0 spiro atoms. The third-order valence-corrected chi connectivity index (χ3v) is 3.84. The van der Waals surface area contributed by atoms with Crippen molar-refractivity contribution in [3.8, 4) is 11.5 Å². The fourth-order valence-electron chi connectivity index (χ4n) is 2.24. The number of hydrogen-bond donors (Lipinski definition) is 0. The quantitative estimate of drug-likeness (QED) is 0.762. The summed E-state index contributed by atoms with van der Waals surface area (Å²) in [5, 5.41) is 8.33. The van der Waals surface area contributed by atoms with Gasteiger partial charge in [-0.2, -0.15) is 0 Å². The van der Waals surface area contributed by atoms with Gasteiger partial charge in [0, 0.05) is 24.5 Å². The number of rotatable bonds is 6. The smallest absolute Gasteiger partial charge is 0.277 e. The van der Waals surface area contributed by atoms with Crippen molar-refractivity contribution in [2.75, 3.05) is 5.75 Å². The van der Waals surface area contributed by atoms with E-state index >= 15 is 0 Å². The Bertz CT molecular complexity index is 605. The first-order chi connectivity index (χ1) is 10.5. The highest BCUT2D eigenvalue weighted by Crippen LogP contribution is 2.23. The highest BCUT2D eigenvalue weighted by atomic mass is 32.2. The van der Waals surface area contributed by atoms with Crippen LogP contribution in [0.25, 0.3) is 11.5 Å². The molecule has 0 atom stereocenters. The summed E-state index contributed by atoms with van der Waals surface area (Å²) in [6.07, 6.45) is 3.34. The zero-order valence-corrected chi connectivity index (χ0v) is 14.0. The van der Waals surface area contributed by atoms with E-state index in [1.54, 1.807) is 18.5 Å². The van der Waals surface area contributed by atoms with Gasteiger partial charge in [-0.1, -0.05) is 11.8 Å². The van der Waals surface area contributed by atoms with E-state index in [2.05, 4.69) is 15.2 Å². The predicted octanol–water partition coefficient (Wildman–Crippen LogP) is 2.87. The Hall–Kier alpha value is -1.89. The molecule has 2 aromatic rings. The lowest BCUT2D eigenvalue weighted by molar-refractivity contribution is -0.131. The van der Waals surface area contributed by atoms with Crippen LogP contribution in [0.1, 0.15) is 27.7 Å². The van der Waals surface area contributed by atoms with E-state index in [0.29, 0.717) is 11.1 Å². The van der Waals surface area contributed by atoms with Crippen molar-refractivity contribution in [1.82, 2.24) is 20.1 Å². The molecule has 0 aliphatic heterocycles. The molecule has 22 heavy (non-hydrogen) atoms. The van der Waals surface area contributed by atoms with Crippen LogP contribution in [0.4, 0.5) is 0 Å². The Morgan fingerprint density at radius 1 is 1.27 bits per heavy atom. The lowest BCUT2D eigenvalue weighted by Gasteiger charge is -2.30. The van der Waals surface area contributed by atoms with E-state index in [1.807, 2.05) is 38.7 Å². The largest absolute Gasteiger partial charge is 0.411 e. The second-order valence-corrected chi connectivity index (χ2v) is 6.32. The topological polar surface area (TPSA) is 72.1 Å². The lowest BCUT2D eigenvalue weighted by Crippen LogP contribution is -2.43. The molecule has 2 heterocycles. The Balaban J connectivity index is 1.98. The molecular weight excluding hydrogens is 300 g/mol. The van der Waals surface area contributed by atoms with Gasteiger partial charge in [0.2, 0.25) is 11.8 Å². The van der Waals surface area contributed by atoms with Crippen LogP contribution >= 0.6 is 11.8 Å². The summed E-state index contributed by atoms with van der Waals surface area (Å²) in [5.74, 6) is 0.758. The summed E-state index contributed by atoms with van der Waals surface area (Å²) in [6.45, 7) is 8.04. The molecule has 0 unspecified atom stereocenters. The molecule has 7 heteroatoms. The first-order valence-corrected chi connectivity index (χ1v) is 8.15. The fraction of sp³-hybridized carbons (Fsp3) is 0.467. The summed E-state index contributed by atoms with van der Waals surface area (Å²) >= 11 is 1.26. The number of nitrogens with zero attached hydrogens (tertiary/aromatic N) is 4. The second-order valence-electron chi connectivity index (χ2n) is 5.39. The first-order valence-electron chi connectivity index (χ1n) is 7.17. The van der Waals surface area contributed by atoms with E-state index < -0.39 is 0 Å². The second kappa shape index (κ2) is 7.40. The molecule has 0 N–H and O–H groups in total. The monoisotopic (exact) mass is 320 g/mol. The third-order valence-electron chi connectivity index (χ3n) is 3.03. The van der Waals surface area contributed by atoms with Gasteiger partial charge in [0.15, 0.2) is 0 Å². The van der Waals surface area contributed by atoms with Crippen molar-refractivity contribution >= 4 is 17.7 Å². The molecule has 2 rings (SSSR count). The van der Waals surface area contributed by atoms with Gasteiger partial charge in [0.1, 0.15) is 0 Å². The molecule has 1 amide bonds.